The standard InChI is InChI=1S/C16H18N2O2/c17-10-11-4-1-2-7-15(11)16(20)18-12-5-3-6-13(18)9-14(19)8-12/h1-2,4,7,12-14,19H,3,5-6,8-9H2/t12-,13+,14?. The van der Waals surface area contributed by atoms with Gasteiger partial charge < -0.3 is 10.0 Å². The number of carbonyl (C=O) groups is 1. The van der Waals surface area contributed by atoms with Gasteiger partial charge in [0.25, 0.3) is 5.91 Å². The van der Waals surface area contributed by atoms with Gasteiger partial charge in [-0.15, -0.1) is 0 Å². The van der Waals surface area contributed by atoms with E-state index < -0.39 is 0 Å². The average Bonchev–Trinajstić information content (AvgIpc) is 2.45. The molecule has 2 aliphatic rings. The van der Waals surface area contributed by atoms with Crippen LogP contribution >= 0.6 is 0 Å². The van der Waals surface area contributed by atoms with Crippen molar-refractivity contribution in [3.8, 4) is 6.07 Å². The molecule has 0 radical (unpaired) electrons. The number of nitrogens with zero attached hydrogens (tertiary/aromatic N) is 2. The number of aliphatic hydroxyl groups excluding tert-OH is 1. The van der Waals surface area contributed by atoms with Crippen molar-refractivity contribution >= 4 is 5.91 Å². The van der Waals surface area contributed by atoms with Gasteiger partial charge in [0.05, 0.1) is 23.3 Å². The van der Waals surface area contributed by atoms with Crippen LogP contribution in [0.2, 0.25) is 0 Å². The molecule has 1 unspecified atom stereocenters. The van der Waals surface area contributed by atoms with E-state index in [0.717, 1.165) is 19.3 Å². The summed E-state index contributed by atoms with van der Waals surface area (Å²) in [5.74, 6) is -0.0521. The fourth-order valence-corrected chi connectivity index (χ4v) is 3.59. The number of amides is 1. The summed E-state index contributed by atoms with van der Waals surface area (Å²) in [7, 11) is 0. The lowest BCUT2D eigenvalue weighted by Crippen LogP contribution is -2.56. The summed E-state index contributed by atoms with van der Waals surface area (Å²) < 4.78 is 0. The Bertz CT molecular complexity index is 550. The van der Waals surface area contributed by atoms with Gasteiger partial charge in [0.15, 0.2) is 0 Å². The van der Waals surface area contributed by atoms with Gasteiger partial charge in [-0.05, 0) is 44.2 Å². The molecule has 2 saturated heterocycles. The molecule has 1 amide bonds. The quantitative estimate of drug-likeness (QED) is 0.849. The molecule has 104 valence electrons. The topological polar surface area (TPSA) is 64.3 Å². The summed E-state index contributed by atoms with van der Waals surface area (Å²) in [5, 5.41) is 19.0. The first-order chi connectivity index (χ1) is 9.70. The number of hydrogen-bond acceptors (Lipinski definition) is 3. The number of nitriles is 1. The molecule has 0 spiro atoms. The second-order valence-corrected chi connectivity index (χ2v) is 5.73. The summed E-state index contributed by atoms with van der Waals surface area (Å²) in [6, 6.07) is 9.31. The Morgan fingerprint density at radius 1 is 1.25 bits per heavy atom. The molecule has 3 atom stereocenters. The summed E-state index contributed by atoms with van der Waals surface area (Å²) >= 11 is 0. The van der Waals surface area contributed by atoms with Crippen molar-refractivity contribution < 1.29 is 9.90 Å². The van der Waals surface area contributed by atoms with E-state index in [4.69, 9.17) is 5.26 Å². The fourth-order valence-electron chi connectivity index (χ4n) is 3.59. The van der Waals surface area contributed by atoms with E-state index in [1.807, 2.05) is 4.90 Å². The highest BCUT2D eigenvalue weighted by atomic mass is 16.3. The maximum atomic E-state index is 12.8. The van der Waals surface area contributed by atoms with Gasteiger partial charge in [-0.1, -0.05) is 12.1 Å². The molecule has 0 aromatic heterocycles. The monoisotopic (exact) mass is 270 g/mol. The number of hydrogen-bond donors (Lipinski definition) is 1. The molecule has 20 heavy (non-hydrogen) atoms. The smallest absolute Gasteiger partial charge is 0.255 e. The first-order valence-corrected chi connectivity index (χ1v) is 7.20. The van der Waals surface area contributed by atoms with Crippen LogP contribution < -0.4 is 0 Å². The molecular weight excluding hydrogens is 252 g/mol. The first kappa shape index (κ1) is 13.1. The van der Waals surface area contributed by atoms with Crippen LogP contribution in [0.15, 0.2) is 24.3 Å². The third kappa shape index (κ3) is 2.19. The van der Waals surface area contributed by atoms with Crippen LogP contribution in [0, 0.1) is 11.3 Å². The van der Waals surface area contributed by atoms with Crippen molar-refractivity contribution in [2.45, 2.75) is 50.3 Å². The molecule has 1 N–H and O–H groups in total. The highest BCUT2D eigenvalue weighted by Gasteiger charge is 2.40. The summed E-state index contributed by atoms with van der Waals surface area (Å²) in [4.78, 5) is 14.7. The molecule has 0 aliphatic carbocycles. The number of carbonyl (C=O) groups excluding carboxylic acids is 1. The second-order valence-electron chi connectivity index (χ2n) is 5.73. The summed E-state index contributed by atoms with van der Waals surface area (Å²) in [6.45, 7) is 0. The lowest BCUT2D eigenvalue weighted by atomic mass is 9.82. The van der Waals surface area contributed by atoms with Gasteiger partial charge >= 0.3 is 0 Å². The first-order valence-electron chi connectivity index (χ1n) is 7.20. The van der Waals surface area contributed by atoms with Crippen molar-refractivity contribution in [3.05, 3.63) is 35.4 Å². The molecule has 1 aromatic carbocycles. The van der Waals surface area contributed by atoms with E-state index >= 15 is 0 Å². The van der Waals surface area contributed by atoms with E-state index in [-0.39, 0.29) is 24.1 Å². The van der Waals surface area contributed by atoms with E-state index in [1.165, 1.54) is 0 Å². The Labute approximate surface area is 118 Å². The molecule has 1 aromatic rings. The number of rotatable bonds is 1. The Morgan fingerprint density at radius 3 is 2.55 bits per heavy atom. The number of aliphatic hydroxyl groups is 1. The average molecular weight is 270 g/mol. The second kappa shape index (κ2) is 5.26. The fraction of sp³-hybridized carbons (Fsp3) is 0.500. The predicted molar refractivity (Wildman–Crippen MR) is 74.0 cm³/mol. The Morgan fingerprint density at radius 2 is 1.90 bits per heavy atom. The number of piperidine rings is 2. The predicted octanol–water partition coefficient (Wildman–Crippen LogP) is 2.08. The Balaban J connectivity index is 1.92. The lowest BCUT2D eigenvalue weighted by Gasteiger charge is -2.47. The third-order valence-electron chi connectivity index (χ3n) is 4.46. The molecule has 0 saturated carbocycles. The normalized spacial score (nSPS) is 28.8. The number of benzene rings is 1. The summed E-state index contributed by atoms with van der Waals surface area (Å²) in [6.07, 6.45) is 4.06. The van der Waals surface area contributed by atoms with Crippen LogP contribution in [0.5, 0.6) is 0 Å². The SMILES string of the molecule is N#Cc1ccccc1C(=O)N1[C@@H]2CCC[C@H]1CC(O)C2. The largest absolute Gasteiger partial charge is 0.393 e. The van der Waals surface area contributed by atoms with Crippen LogP contribution in [-0.4, -0.2) is 34.1 Å². The zero-order valence-electron chi connectivity index (χ0n) is 11.3. The van der Waals surface area contributed by atoms with E-state index in [2.05, 4.69) is 6.07 Å². The molecule has 3 rings (SSSR count). The van der Waals surface area contributed by atoms with Crippen LogP contribution in [0.25, 0.3) is 0 Å². The Kier molecular flexibility index (Phi) is 3.45. The molecular formula is C16H18N2O2. The van der Waals surface area contributed by atoms with Gasteiger partial charge in [0, 0.05) is 12.1 Å². The summed E-state index contributed by atoms with van der Waals surface area (Å²) in [5.41, 5.74) is 0.921. The molecule has 2 heterocycles. The van der Waals surface area contributed by atoms with Crippen LogP contribution in [0.1, 0.15) is 48.0 Å². The van der Waals surface area contributed by atoms with Crippen molar-refractivity contribution in [1.29, 1.82) is 5.26 Å². The van der Waals surface area contributed by atoms with Gasteiger partial charge in [0.2, 0.25) is 0 Å². The molecule has 2 aliphatic heterocycles. The minimum absolute atomic E-state index is 0.0521. The molecule has 2 fully saturated rings. The van der Waals surface area contributed by atoms with Crippen molar-refractivity contribution in [1.82, 2.24) is 4.90 Å². The lowest BCUT2D eigenvalue weighted by molar-refractivity contribution is -0.0151. The minimum Gasteiger partial charge on any atom is -0.393 e. The zero-order valence-corrected chi connectivity index (χ0v) is 11.3. The third-order valence-corrected chi connectivity index (χ3v) is 4.46. The van der Waals surface area contributed by atoms with Crippen LogP contribution in [0.4, 0.5) is 0 Å². The van der Waals surface area contributed by atoms with Crippen molar-refractivity contribution in [2.75, 3.05) is 0 Å². The van der Waals surface area contributed by atoms with E-state index in [0.29, 0.717) is 24.0 Å². The van der Waals surface area contributed by atoms with Crippen LogP contribution in [0.3, 0.4) is 0 Å². The maximum absolute atomic E-state index is 12.8. The maximum Gasteiger partial charge on any atom is 0.255 e. The van der Waals surface area contributed by atoms with E-state index in [9.17, 15) is 9.90 Å². The van der Waals surface area contributed by atoms with Gasteiger partial charge in [-0.2, -0.15) is 5.26 Å². The zero-order chi connectivity index (χ0) is 14.1. The minimum atomic E-state index is -0.291. The van der Waals surface area contributed by atoms with Crippen LogP contribution in [-0.2, 0) is 0 Å². The Hall–Kier alpha value is -1.86. The molecule has 4 nitrogen and oxygen atoms in total. The van der Waals surface area contributed by atoms with Gasteiger partial charge in [0.1, 0.15) is 0 Å². The molecule has 2 bridgehead atoms. The van der Waals surface area contributed by atoms with Crippen molar-refractivity contribution in [2.24, 2.45) is 0 Å². The van der Waals surface area contributed by atoms with E-state index in [1.54, 1.807) is 24.3 Å². The van der Waals surface area contributed by atoms with Gasteiger partial charge in [-0.3, -0.25) is 4.79 Å². The number of fused-ring (bicyclic) bond motifs is 2. The highest BCUT2D eigenvalue weighted by Crippen LogP contribution is 2.35. The van der Waals surface area contributed by atoms with Crippen molar-refractivity contribution in [3.63, 3.8) is 0 Å². The highest BCUT2D eigenvalue weighted by molar-refractivity contribution is 5.97. The molecule has 4 heteroatoms. The van der Waals surface area contributed by atoms with Gasteiger partial charge in [-0.25, -0.2) is 0 Å².